The molecule has 5 nitrogen and oxygen atoms in total. The molecule has 3 N–H and O–H groups in total. The van der Waals surface area contributed by atoms with Crippen LogP contribution in [0.5, 0.6) is 0 Å². The van der Waals surface area contributed by atoms with E-state index in [1.165, 1.54) is 6.42 Å². The van der Waals surface area contributed by atoms with Crippen molar-refractivity contribution < 1.29 is 4.79 Å². The number of carbonyl (C=O) groups excluding carboxylic acids is 1. The van der Waals surface area contributed by atoms with Crippen molar-refractivity contribution in [2.24, 2.45) is 5.92 Å². The third-order valence-electron chi connectivity index (χ3n) is 3.78. The maximum absolute atomic E-state index is 12.2. The van der Waals surface area contributed by atoms with Crippen LogP contribution >= 0.6 is 0 Å². The van der Waals surface area contributed by atoms with E-state index in [1.54, 1.807) is 0 Å². The number of piperidine rings is 1. The number of hydrogen-bond donors (Lipinski definition) is 3. The molecule has 0 aromatic carbocycles. The SMILES string of the molecule is CCC1CCNC(C(=O)Nc2c(C)n[nH]c2C)C1. The number of amides is 1. The summed E-state index contributed by atoms with van der Waals surface area (Å²) in [5.41, 5.74) is 2.56. The third kappa shape index (κ3) is 2.72. The number of rotatable bonds is 3. The summed E-state index contributed by atoms with van der Waals surface area (Å²) in [5, 5.41) is 13.2. The fourth-order valence-corrected chi connectivity index (χ4v) is 2.51. The van der Waals surface area contributed by atoms with Crippen LogP contribution in [0, 0.1) is 19.8 Å². The van der Waals surface area contributed by atoms with E-state index in [1.807, 2.05) is 13.8 Å². The molecular formula is C13H22N4O. The topological polar surface area (TPSA) is 69.8 Å². The third-order valence-corrected chi connectivity index (χ3v) is 3.78. The Morgan fingerprint density at radius 1 is 1.50 bits per heavy atom. The second kappa shape index (κ2) is 5.52. The molecule has 2 unspecified atom stereocenters. The number of nitrogens with zero attached hydrogens (tertiary/aromatic N) is 1. The first-order chi connectivity index (χ1) is 8.61. The molecule has 1 aliphatic rings. The molecule has 1 amide bonds. The molecule has 2 atom stereocenters. The standard InChI is InChI=1S/C13H22N4O/c1-4-10-5-6-14-11(7-10)13(18)15-12-8(2)16-17-9(12)3/h10-11,14H,4-7H2,1-3H3,(H,15,18)(H,16,17). The van der Waals surface area contributed by atoms with Crippen molar-refractivity contribution in [3.05, 3.63) is 11.4 Å². The lowest BCUT2D eigenvalue weighted by Gasteiger charge is -2.28. The van der Waals surface area contributed by atoms with Crippen molar-refractivity contribution in [3.63, 3.8) is 0 Å². The van der Waals surface area contributed by atoms with Crippen LogP contribution in [0.15, 0.2) is 0 Å². The number of aromatic nitrogens is 2. The van der Waals surface area contributed by atoms with E-state index in [0.717, 1.165) is 36.5 Å². The van der Waals surface area contributed by atoms with Gasteiger partial charge in [-0.2, -0.15) is 5.10 Å². The molecule has 0 saturated carbocycles. The first kappa shape index (κ1) is 13.1. The van der Waals surface area contributed by atoms with Gasteiger partial charge in [0.25, 0.3) is 0 Å². The minimum atomic E-state index is -0.0719. The molecular weight excluding hydrogens is 228 g/mol. The Hall–Kier alpha value is -1.36. The number of carbonyl (C=O) groups is 1. The summed E-state index contributed by atoms with van der Waals surface area (Å²) < 4.78 is 0. The summed E-state index contributed by atoms with van der Waals surface area (Å²) in [6, 6.07) is -0.0719. The minimum absolute atomic E-state index is 0.0563. The van der Waals surface area contributed by atoms with Gasteiger partial charge in [0, 0.05) is 0 Å². The molecule has 1 aromatic rings. The van der Waals surface area contributed by atoms with E-state index in [2.05, 4.69) is 27.8 Å². The van der Waals surface area contributed by atoms with E-state index in [4.69, 9.17) is 0 Å². The summed E-state index contributed by atoms with van der Waals surface area (Å²) in [6.45, 7) is 6.93. The van der Waals surface area contributed by atoms with Crippen LogP contribution in [0.1, 0.15) is 37.6 Å². The number of aryl methyl sites for hydroxylation is 2. The van der Waals surface area contributed by atoms with Crippen LogP contribution in [-0.2, 0) is 4.79 Å². The highest BCUT2D eigenvalue weighted by Crippen LogP contribution is 2.21. The lowest BCUT2D eigenvalue weighted by molar-refractivity contribution is -0.119. The van der Waals surface area contributed by atoms with Crippen LogP contribution in [0.4, 0.5) is 5.69 Å². The van der Waals surface area contributed by atoms with Crippen molar-refractivity contribution in [3.8, 4) is 0 Å². The van der Waals surface area contributed by atoms with Gasteiger partial charge < -0.3 is 10.6 Å². The highest BCUT2D eigenvalue weighted by Gasteiger charge is 2.26. The Labute approximate surface area is 108 Å². The normalized spacial score (nSPS) is 23.9. The van der Waals surface area contributed by atoms with Crippen LogP contribution in [0.25, 0.3) is 0 Å². The van der Waals surface area contributed by atoms with Gasteiger partial charge in [0.1, 0.15) is 0 Å². The molecule has 5 heteroatoms. The molecule has 2 heterocycles. The van der Waals surface area contributed by atoms with Crippen molar-refractivity contribution in [2.75, 3.05) is 11.9 Å². The number of nitrogens with one attached hydrogen (secondary N) is 3. The van der Waals surface area contributed by atoms with Crippen molar-refractivity contribution in [2.45, 2.75) is 46.1 Å². The molecule has 1 aliphatic heterocycles. The summed E-state index contributed by atoms with van der Waals surface area (Å²) in [7, 11) is 0. The maximum Gasteiger partial charge on any atom is 0.241 e. The van der Waals surface area contributed by atoms with Crippen LogP contribution in [-0.4, -0.2) is 28.7 Å². The van der Waals surface area contributed by atoms with Gasteiger partial charge in [-0.15, -0.1) is 0 Å². The zero-order chi connectivity index (χ0) is 13.1. The average Bonchev–Trinajstić information content (AvgIpc) is 2.70. The Morgan fingerprint density at radius 2 is 2.28 bits per heavy atom. The lowest BCUT2D eigenvalue weighted by Crippen LogP contribution is -2.46. The van der Waals surface area contributed by atoms with Gasteiger partial charge in [0.15, 0.2) is 0 Å². The molecule has 1 fully saturated rings. The quantitative estimate of drug-likeness (QED) is 0.765. The van der Waals surface area contributed by atoms with Gasteiger partial charge in [-0.05, 0) is 39.2 Å². The van der Waals surface area contributed by atoms with E-state index in [9.17, 15) is 4.79 Å². The largest absolute Gasteiger partial charge is 0.322 e. The van der Waals surface area contributed by atoms with Gasteiger partial charge in [0.05, 0.1) is 23.1 Å². The molecule has 2 rings (SSSR count). The Balaban J connectivity index is 1.99. The summed E-state index contributed by atoms with van der Waals surface area (Å²) in [6.07, 6.45) is 3.25. The second-order valence-electron chi connectivity index (χ2n) is 5.10. The van der Waals surface area contributed by atoms with Crippen molar-refractivity contribution in [1.82, 2.24) is 15.5 Å². The summed E-state index contributed by atoms with van der Waals surface area (Å²) in [5.74, 6) is 0.717. The van der Waals surface area contributed by atoms with Crippen molar-refractivity contribution in [1.29, 1.82) is 0 Å². The zero-order valence-electron chi connectivity index (χ0n) is 11.3. The number of aromatic amines is 1. The first-order valence-electron chi connectivity index (χ1n) is 6.67. The highest BCUT2D eigenvalue weighted by molar-refractivity contribution is 5.95. The number of hydrogen-bond acceptors (Lipinski definition) is 3. The van der Waals surface area contributed by atoms with E-state index in [-0.39, 0.29) is 11.9 Å². The van der Waals surface area contributed by atoms with E-state index < -0.39 is 0 Å². The average molecular weight is 250 g/mol. The molecule has 100 valence electrons. The predicted molar refractivity (Wildman–Crippen MR) is 71.5 cm³/mol. The monoisotopic (exact) mass is 250 g/mol. The molecule has 0 spiro atoms. The van der Waals surface area contributed by atoms with Gasteiger partial charge >= 0.3 is 0 Å². The van der Waals surface area contributed by atoms with Crippen molar-refractivity contribution >= 4 is 11.6 Å². The smallest absolute Gasteiger partial charge is 0.241 e. The van der Waals surface area contributed by atoms with Crippen LogP contribution in [0.3, 0.4) is 0 Å². The fraction of sp³-hybridized carbons (Fsp3) is 0.692. The predicted octanol–water partition coefficient (Wildman–Crippen LogP) is 1.74. The maximum atomic E-state index is 12.2. The first-order valence-corrected chi connectivity index (χ1v) is 6.67. The fourth-order valence-electron chi connectivity index (χ4n) is 2.51. The van der Waals surface area contributed by atoms with Crippen LogP contribution in [0.2, 0.25) is 0 Å². The molecule has 0 aliphatic carbocycles. The number of anilines is 1. The van der Waals surface area contributed by atoms with Gasteiger partial charge in [-0.1, -0.05) is 13.3 Å². The molecule has 0 radical (unpaired) electrons. The number of H-pyrrole nitrogens is 1. The second-order valence-corrected chi connectivity index (χ2v) is 5.10. The molecule has 1 saturated heterocycles. The van der Waals surface area contributed by atoms with Gasteiger partial charge in [-0.25, -0.2) is 0 Å². The van der Waals surface area contributed by atoms with E-state index >= 15 is 0 Å². The van der Waals surface area contributed by atoms with Crippen LogP contribution < -0.4 is 10.6 Å². The van der Waals surface area contributed by atoms with Gasteiger partial charge in [0.2, 0.25) is 5.91 Å². The lowest BCUT2D eigenvalue weighted by atomic mass is 9.90. The summed E-state index contributed by atoms with van der Waals surface area (Å²) in [4.78, 5) is 12.2. The highest BCUT2D eigenvalue weighted by atomic mass is 16.2. The minimum Gasteiger partial charge on any atom is -0.322 e. The molecule has 0 bridgehead atoms. The Bertz CT molecular complexity index is 407. The zero-order valence-corrected chi connectivity index (χ0v) is 11.3. The Kier molecular flexibility index (Phi) is 4.01. The molecule has 1 aromatic heterocycles. The van der Waals surface area contributed by atoms with Gasteiger partial charge in [-0.3, -0.25) is 9.89 Å². The Morgan fingerprint density at radius 3 is 2.89 bits per heavy atom. The molecule has 18 heavy (non-hydrogen) atoms. The van der Waals surface area contributed by atoms with E-state index in [0.29, 0.717) is 5.92 Å². The summed E-state index contributed by atoms with van der Waals surface area (Å²) >= 11 is 0.